The zero-order chi connectivity index (χ0) is 15.9. The fraction of sp³-hybridized carbons (Fsp3) is 0.357. The van der Waals surface area contributed by atoms with Crippen molar-refractivity contribution in [3.05, 3.63) is 35.9 Å². The summed E-state index contributed by atoms with van der Waals surface area (Å²) in [6, 6.07) is 5.92. The van der Waals surface area contributed by atoms with Crippen LogP contribution >= 0.6 is 0 Å². The van der Waals surface area contributed by atoms with E-state index >= 15 is 0 Å². The molecule has 1 amide bonds. The van der Waals surface area contributed by atoms with Crippen molar-refractivity contribution in [2.45, 2.75) is 24.3 Å². The number of primary sulfonamides is 1. The maximum absolute atomic E-state index is 11.7. The smallest absolute Gasteiger partial charge is 0.244 e. The minimum atomic E-state index is -3.69. The molecule has 0 aromatic heterocycles. The number of methoxy groups -OCH3 is 1. The Morgan fingerprint density at radius 1 is 1.38 bits per heavy atom. The SMILES string of the molecule is CCC(COC)NC(=O)/C=C/c1ccc(S(N)(=O)=O)cc1. The van der Waals surface area contributed by atoms with Crippen LogP contribution in [0.3, 0.4) is 0 Å². The molecule has 21 heavy (non-hydrogen) atoms. The monoisotopic (exact) mass is 312 g/mol. The van der Waals surface area contributed by atoms with Gasteiger partial charge in [-0.2, -0.15) is 0 Å². The first-order valence-electron chi connectivity index (χ1n) is 6.47. The zero-order valence-corrected chi connectivity index (χ0v) is 12.9. The number of hydrogen-bond acceptors (Lipinski definition) is 4. The lowest BCUT2D eigenvalue weighted by Gasteiger charge is -2.14. The number of nitrogens with two attached hydrogens (primary N) is 1. The molecule has 1 aromatic rings. The standard InChI is InChI=1S/C14H20N2O4S/c1-3-12(10-20-2)16-14(17)9-6-11-4-7-13(8-5-11)21(15,18)19/h4-9,12H,3,10H2,1-2H3,(H,16,17)(H2,15,18,19)/b9-6+. The van der Waals surface area contributed by atoms with Crippen LogP contribution < -0.4 is 10.5 Å². The van der Waals surface area contributed by atoms with Crippen LogP contribution in [-0.2, 0) is 19.6 Å². The number of nitrogens with one attached hydrogen (secondary N) is 1. The van der Waals surface area contributed by atoms with E-state index in [1.807, 2.05) is 6.92 Å². The second-order valence-electron chi connectivity index (χ2n) is 4.52. The number of hydrogen-bond donors (Lipinski definition) is 2. The Bertz CT molecular complexity index is 594. The van der Waals surface area contributed by atoms with Crippen LogP contribution in [0.15, 0.2) is 35.2 Å². The summed E-state index contributed by atoms with van der Waals surface area (Å²) in [7, 11) is -2.11. The van der Waals surface area contributed by atoms with Crippen molar-refractivity contribution in [2.24, 2.45) is 5.14 Å². The molecule has 7 heteroatoms. The molecule has 1 rings (SSSR count). The van der Waals surface area contributed by atoms with E-state index in [0.717, 1.165) is 6.42 Å². The first kappa shape index (κ1) is 17.4. The van der Waals surface area contributed by atoms with Crippen molar-refractivity contribution < 1.29 is 17.9 Å². The van der Waals surface area contributed by atoms with Gasteiger partial charge in [-0.25, -0.2) is 13.6 Å². The third-order valence-corrected chi connectivity index (χ3v) is 3.77. The Kier molecular flexibility index (Phi) is 6.54. The zero-order valence-electron chi connectivity index (χ0n) is 12.1. The average Bonchev–Trinajstić information content (AvgIpc) is 2.44. The fourth-order valence-electron chi connectivity index (χ4n) is 1.65. The number of benzene rings is 1. The van der Waals surface area contributed by atoms with Crippen molar-refractivity contribution in [1.82, 2.24) is 5.32 Å². The van der Waals surface area contributed by atoms with E-state index in [1.165, 1.54) is 18.2 Å². The molecule has 0 fully saturated rings. The van der Waals surface area contributed by atoms with Gasteiger partial charge in [0.25, 0.3) is 0 Å². The van der Waals surface area contributed by atoms with E-state index in [2.05, 4.69) is 5.32 Å². The second-order valence-corrected chi connectivity index (χ2v) is 6.08. The second kappa shape index (κ2) is 7.92. The van der Waals surface area contributed by atoms with Gasteiger partial charge in [-0.3, -0.25) is 4.79 Å². The van der Waals surface area contributed by atoms with Gasteiger partial charge in [0.1, 0.15) is 0 Å². The van der Waals surface area contributed by atoms with Gasteiger partial charge in [0.05, 0.1) is 17.5 Å². The normalized spacial score (nSPS) is 13.3. The third-order valence-electron chi connectivity index (χ3n) is 2.84. The highest BCUT2D eigenvalue weighted by atomic mass is 32.2. The number of rotatable bonds is 7. The first-order chi connectivity index (χ1) is 9.86. The van der Waals surface area contributed by atoms with Crippen LogP contribution in [0.5, 0.6) is 0 Å². The summed E-state index contributed by atoms with van der Waals surface area (Å²) in [5.41, 5.74) is 0.706. The van der Waals surface area contributed by atoms with E-state index in [-0.39, 0.29) is 16.8 Å². The Hall–Kier alpha value is -1.70. The highest BCUT2D eigenvalue weighted by Gasteiger charge is 2.08. The number of carbonyl (C=O) groups is 1. The Labute approximate surface area is 125 Å². The van der Waals surface area contributed by atoms with Crippen molar-refractivity contribution in [3.63, 3.8) is 0 Å². The molecule has 0 aliphatic rings. The Balaban J connectivity index is 2.66. The van der Waals surface area contributed by atoms with E-state index < -0.39 is 10.0 Å². The van der Waals surface area contributed by atoms with Crippen LogP contribution in [0.4, 0.5) is 0 Å². The average molecular weight is 312 g/mol. The summed E-state index contributed by atoms with van der Waals surface area (Å²) < 4.78 is 27.2. The quantitative estimate of drug-likeness (QED) is 0.730. The number of ether oxygens (including phenoxy) is 1. The van der Waals surface area contributed by atoms with Gasteiger partial charge in [-0.15, -0.1) is 0 Å². The van der Waals surface area contributed by atoms with Gasteiger partial charge in [-0.1, -0.05) is 19.1 Å². The Morgan fingerprint density at radius 3 is 2.48 bits per heavy atom. The number of amides is 1. The molecule has 1 aromatic carbocycles. The largest absolute Gasteiger partial charge is 0.383 e. The van der Waals surface area contributed by atoms with Crippen molar-refractivity contribution >= 4 is 22.0 Å². The summed E-state index contributed by atoms with van der Waals surface area (Å²) in [4.78, 5) is 11.8. The molecule has 0 heterocycles. The van der Waals surface area contributed by atoms with Crippen LogP contribution in [0.2, 0.25) is 0 Å². The highest BCUT2D eigenvalue weighted by Crippen LogP contribution is 2.09. The molecule has 3 N–H and O–H groups in total. The topological polar surface area (TPSA) is 98.5 Å². The predicted molar refractivity (Wildman–Crippen MR) is 80.9 cm³/mol. The summed E-state index contributed by atoms with van der Waals surface area (Å²) in [6.07, 6.45) is 3.77. The van der Waals surface area contributed by atoms with Crippen LogP contribution in [-0.4, -0.2) is 34.1 Å². The molecule has 0 saturated carbocycles. The lowest BCUT2D eigenvalue weighted by Crippen LogP contribution is -2.36. The summed E-state index contributed by atoms with van der Waals surface area (Å²) in [5.74, 6) is -0.227. The minimum Gasteiger partial charge on any atom is -0.383 e. The van der Waals surface area contributed by atoms with Gasteiger partial charge in [-0.05, 0) is 30.2 Å². The third kappa shape index (κ3) is 6.07. The molecule has 0 spiro atoms. The van der Waals surface area contributed by atoms with E-state index in [9.17, 15) is 13.2 Å². The molecular formula is C14H20N2O4S. The van der Waals surface area contributed by atoms with E-state index in [1.54, 1.807) is 25.3 Å². The number of carbonyl (C=O) groups excluding carboxylic acids is 1. The molecule has 0 bridgehead atoms. The molecule has 0 saturated heterocycles. The predicted octanol–water partition coefficient (Wildman–Crippen LogP) is 0.888. The lowest BCUT2D eigenvalue weighted by atomic mass is 10.2. The van der Waals surface area contributed by atoms with Crippen LogP contribution in [0, 0.1) is 0 Å². The van der Waals surface area contributed by atoms with Crippen molar-refractivity contribution in [1.29, 1.82) is 0 Å². The van der Waals surface area contributed by atoms with Crippen molar-refractivity contribution in [2.75, 3.05) is 13.7 Å². The maximum atomic E-state index is 11.7. The maximum Gasteiger partial charge on any atom is 0.244 e. The summed E-state index contributed by atoms with van der Waals surface area (Å²) in [6.45, 7) is 2.42. The molecule has 0 aliphatic heterocycles. The first-order valence-corrected chi connectivity index (χ1v) is 8.01. The Morgan fingerprint density at radius 2 is 2.00 bits per heavy atom. The molecule has 1 unspecified atom stereocenters. The molecular weight excluding hydrogens is 292 g/mol. The minimum absolute atomic E-state index is 0.0306. The highest BCUT2D eigenvalue weighted by molar-refractivity contribution is 7.89. The van der Waals surface area contributed by atoms with Crippen LogP contribution in [0.1, 0.15) is 18.9 Å². The molecule has 6 nitrogen and oxygen atoms in total. The van der Waals surface area contributed by atoms with Gasteiger partial charge >= 0.3 is 0 Å². The van der Waals surface area contributed by atoms with Crippen LogP contribution in [0.25, 0.3) is 6.08 Å². The van der Waals surface area contributed by atoms with Gasteiger partial charge in [0, 0.05) is 13.2 Å². The molecule has 116 valence electrons. The van der Waals surface area contributed by atoms with E-state index in [0.29, 0.717) is 12.2 Å². The fourth-order valence-corrected chi connectivity index (χ4v) is 2.17. The lowest BCUT2D eigenvalue weighted by molar-refractivity contribution is -0.117. The van der Waals surface area contributed by atoms with E-state index in [4.69, 9.17) is 9.88 Å². The van der Waals surface area contributed by atoms with Gasteiger partial charge < -0.3 is 10.1 Å². The summed E-state index contributed by atoms with van der Waals surface area (Å²) in [5, 5.41) is 7.81. The summed E-state index contributed by atoms with van der Waals surface area (Å²) >= 11 is 0. The molecule has 1 atom stereocenters. The van der Waals surface area contributed by atoms with Crippen molar-refractivity contribution in [3.8, 4) is 0 Å². The van der Waals surface area contributed by atoms with Gasteiger partial charge in [0.15, 0.2) is 0 Å². The van der Waals surface area contributed by atoms with Gasteiger partial charge in [0.2, 0.25) is 15.9 Å². The molecule has 0 aliphatic carbocycles. The molecule has 0 radical (unpaired) electrons. The number of sulfonamides is 1.